The third-order valence-electron chi connectivity index (χ3n) is 9.28. The molecule has 0 bridgehead atoms. The smallest absolute Gasteiger partial charge is 0.362 e. The molecular formula is C38H13BF20N2O3. The fourth-order valence-electron chi connectivity index (χ4n) is 6.50. The molecule has 64 heavy (non-hydrogen) atoms. The number of nitrogens with zero attached hydrogens (tertiary/aromatic N) is 2. The lowest BCUT2D eigenvalue weighted by atomic mass is 9.12. The molecule has 0 aliphatic carbocycles. The van der Waals surface area contributed by atoms with Gasteiger partial charge in [-0.05, 0) is 0 Å². The molecule has 0 aliphatic rings. The molecule has 0 saturated heterocycles. The first-order valence-corrected chi connectivity index (χ1v) is 16.7. The van der Waals surface area contributed by atoms with Crippen LogP contribution in [0, 0.1) is 116 Å². The normalized spacial score (nSPS) is 11.4. The maximum atomic E-state index is 15.4. The Labute approximate surface area is 341 Å². The molecule has 6 rings (SSSR count). The average Bonchev–Trinajstić information content (AvgIpc) is 3.29. The highest BCUT2D eigenvalue weighted by Crippen LogP contribution is 2.30. The first-order chi connectivity index (χ1) is 29.9. The third-order valence-corrected chi connectivity index (χ3v) is 9.28. The molecule has 5 aromatic carbocycles. The second kappa shape index (κ2) is 18.0. The zero-order valence-electron chi connectivity index (χ0n) is 30.6. The van der Waals surface area contributed by atoms with Crippen molar-refractivity contribution in [3.8, 4) is 0 Å². The number of carbonyl (C=O) groups excluding carboxylic acids is 2. The van der Waals surface area contributed by atoms with Crippen LogP contribution >= 0.6 is 0 Å². The van der Waals surface area contributed by atoms with Crippen LogP contribution in [0.25, 0.3) is 0 Å². The SMILES string of the molecule is COC(=O)c1c[n+](CC(=O)c2ccccc2)ccn1.Fc1c(F)c(F)c([B-](c2c(F)c(F)c(F)c(F)c2F)(c2c(F)c(F)c(F)c(F)c2F)c2c(F)c(F)c(F)c(F)c2F)c(F)c1F. The van der Waals surface area contributed by atoms with Crippen molar-refractivity contribution in [1.82, 2.24) is 4.98 Å². The number of Topliss-reactive ketones (excluding diaryl/α,β-unsaturated/α-hetero) is 1. The molecule has 0 fully saturated rings. The fraction of sp³-hybridized carbons (Fsp3) is 0.0526. The quantitative estimate of drug-likeness (QED) is 0.0318. The number of benzene rings is 5. The standard InChI is InChI=1S/C24BF20.C14H13N2O3/c26-5-1(6(27)14(35)21(42)13(5)34)25(2-7(28)15(36)22(43)16(37)8(2)29,3-9(30)17(38)23(44)18(39)10(3)31)4-11(32)19(40)24(45)20(41)12(4)33;1-19-14(18)12-9-16(8-7-15-12)10-13(17)11-5-3-2-4-6-11/h;2-9H,10H2,1H3/q-1;+1. The van der Waals surface area contributed by atoms with Gasteiger partial charge < -0.3 is 4.74 Å². The van der Waals surface area contributed by atoms with Gasteiger partial charge in [0.25, 0.3) is 0 Å². The summed E-state index contributed by atoms with van der Waals surface area (Å²) < 4.78 is 300. The number of aromatic nitrogens is 2. The number of ketones is 1. The Morgan fingerprint density at radius 3 is 1.03 bits per heavy atom. The third kappa shape index (κ3) is 7.62. The summed E-state index contributed by atoms with van der Waals surface area (Å²) in [5.41, 5.74) is -13.5. The Balaban J connectivity index is 0.000000337. The van der Waals surface area contributed by atoms with Crippen molar-refractivity contribution in [3.63, 3.8) is 0 Å². The van der Waals surface area contributed by atoms with E-state index in [4.69, 9.17) is 0 Å². The molecule has 0 N–H and O–H groups in total. The van der Waals surface area contributed by atoms with E-state index in [9.17, 15) is 62.3 Å². The van der Waals surface area contributed by atoms with Crippen molar-refractivity contribution in [2.75, 3.05) is 7.11 Å². The van der Waals surface area contributed by atoms with E-state index in [0.717, 1.165) is 0 Å². The summed E-state index contributed by atoms with van der Waals surface area (Å²) in [6.45, 7) is 0.149. The molecule has 0 aliphatic heterocycles. The highest BCUT2D eigenvalue weighted by atomic mass is 19.2. The summed E-state index contributed by atoms with van der Waals surface area (Å²) in [5, 5.41) is 0. The molecule has 336 valence electrons. The van der Waals surface area contributed by atoms with Gasteiger partial charge >= 0.3 is 5.97 Å². The molecule has 5 nitrogen and oxygen atoms in total. The number of carbonyl (C=O) groups is 2. The Morgan fingerprint density at radius 2 is 0.750 bits per heavy atom. The van der Waals surface area contributed by atoms with Crippen molar-refractivity contribution in [1.29, 1.82) is 0 Å². The molecule has 0 spiro atoms. The van der Waals surface area contributed by atoms with E-state index in [1.165, 1.54) is 19.5 Å². The van der Waals surface area contributed by atoms with E-state index in [2.05, 4.69) is 9.72 Å². The van der Waals surface area contributed by atoms with E-state index >= 15 is 35.1 Å². The van der Waals surface area contributed by atoms with Crippen LogP contribution in [0.4, 0.5) is 87.8 Å². The molecule has 1 aromatic heterocycles. The van der Waals surface area contributed by atoms with Crippen LogP contribution < -0.4 is 26.4 Å². The van der Waals surface area contributed by atoms with Gasteiger partial charge in [0.1, 0.15) is 52.7 Å². The van der Waals surface area contributed by atoms with Crippen LogP contribution in [-0.4, -0.2) is 30.0 Å². The summed E-state index contributed by atoms with van der Waals surface area (Å²) in [5.74, 6) is -72.0. The van der Waals surface area contributed by atoms with Gasteiger partial charge in [-0.1, -0.05) is 30.3 Å². The van der Waals surface area contributed by atoms with Crippen molar-refractivity contribution < 1.29 is 107 Å². The topological polar surface area (TPSA) is 60.1 Å². The van der Waals surface area contributed by atoms with Crippen molar-refractivity contribution in [2.24, 2.45) is 0 Å². The van der Waals surface area contributed by atoms with Crippen LogP contribution in [-0.2, 0) is 11.3 Å². The van der Waals surface area contributed by atoms with Gasteiger partial charge in [-0.2, -0.15) is 4.57 Å². The number of esters is 1. The maximum Gasteiger partial charge on any atom is 0.362 e. The maximum absolute atomic E-state index is 15.4. The minimum absolute atomic E-state index is 0.0346. The van der Waals surface area contributed by atoms with Gasteiger partial charge in [0.05, 0.1) is 13.3 Å². The van der Waals surface area contributed by atoms with Crippen molar-refractivity contribution >= 4 is 39.7 Å². The summed E-state index contributed by atoms with van der Waals surface area (Å²) in [4.78, 5) is 27.2. The van der Waals surface area contributed by atoms with E-state index in [-0.39, 0.29) is 18.0 Å². The Bertz CT molecular complexity index is 2520. The van der Waals surface area contributed by atoms with E-state index in [1.807, 2.05) is 18.2 Å². The number of ether oxygens (including phenoxy) is 1. The first-order valence-electron chi connectivity index (χ1n) is 16.7. The van der Waals surface area contributed by atoms with Gasteiger partial charge in [-0.15, -0.1) is 21.9 Å². The van der Waals surface area contributed by atoms with Gasteiger partial charge in [-0.25, -0.2) is 97.6 Å². The Kier molecular flexibility index (Phi) is 13.5. The van der Waals surface area contributed by atoms with Gasteiger partial charge in [0.15, 0.2) is 76.0 Å². The minimum Gasteiger partial charge on any atom is -0.464 e. The highest BCUT2D eigenvalue weighted by Gasteiger charge is 2.52. The largest absolute Gasteiger partial charge is 0.464 e. The second-order valence-electron chi connectivity index (χ2n) is 12.7. The minimum atomic E-state index is -7.22. The summed E-state index contributed by atoms with van der Waals surface area (Å²) in [6, 6.07) is 8.98. The number of halogens is 20. The molecule has 0 radical (unpaired) electrons. The number of rotatable bonds is 8. The molecule has 6 aromatic rings. The molecule has 1 heterocycles. The monoisotopic (exact) mass is 936 g/mol. The van der Waals surface area contributed by atoms with Gasteiger partial charge in [0.2, 0.25) is 24.2 Å². The fourth-order valence-corrected chi connectivity index (χ4v) is 6.50. The van der Waals surface area contributed by atoms with Crippen molar-refractivity contribution in [2.45, 2.75) is 6.54 Å². The van der Waals surface area contributed by atoms with E-state index in [1.54, 1.807) is 22.9 Å². The predicted octanol–water partition coefficient (Wildman–Crippen LogP) is 6.88. The number of methoxy groups -OCH3 is 1. The summed E-state index contributed by atoms with van der Waals surface area (Å²) in [6.07, 6.45) is -2.63. The number of hydrogen-bond donors (Lipinski definition) is 0. The van der Waals surface area contributed by atoms with E-state index < -0.39 is 150 Å². The zero-order valence-corrected chi connectivity index (χ0v) is 30.6. The zero-order chi connectivity index (χ0) is 48.0. The summed E-state index contributed by atoms with van der Waals surface area (Å²) in [7, 11) is 1.29. The highest BCUT2D eigenvalue weighted by molar-refractivity contribution is 7.20. The van der Waals surface area contributed by atoms with Gasteiger partial charge in [-0.3, -0.25) is 4.79 Å². The molecule has 0 unspecified atom stereocenters. The van der Waals surface area contributed by atoms with Crippen molar-refractivity contribution in [3.05, 3.63) is 177 Å². The van der Waals surface area contributed by atoms with Crippen LogP contribution in [0.3, 0.4) is 0 Å². The van der Waals surface area contributed by atoms with Gasteiger partial charge in [0, 0.05) is 5.56 Å². The number of hydrogen-bond acceptors (Lipinski definition) is 4. The summed E-state index contributed by atoms with van der Waals surface area (Å²) >= 11 is 0. The lowest BCUT2D eigenvalue weighted by molar-refractivity contribution is -0.683. The average molecular weight is 936 g/mol. The molecule has 0 saturated carbocycles. The predicted molar refractivity (Wildman–Crippen MR) is 176 cm³/mol. The van der Waals surface area contributed by atoms with Crippen LogP contribution in [0.5, 0.6) is 0 Å². The van der Waals surface area contributed by atoms with Crippen LogP contribution in [0.2, 0.25) is 0 Å². The molecule has 26 heteroatoms. The molecular weight excluding hydrogens is 923 g/mol. The lowest BCUT2D eigenvalue weighted by Crippen LogP contribution is -2.81. The first kappa shape index (κ1) is 48.0. The van der Waals surface area contributed by atoms with E-state index in [0.29, 0.717) is 5.56 Å². The molecule has 0 atom stereocenters. The van der Waals surface area contributed by atoms with Crippen LogP contribution in [0.15, 0.2) is 48.9 Å². The second-order valence-corrected chi connectivity index (χ2v) is 12.7. The Hall–Kier alpha value is -7.02. The van der Waals surface area contributed by atoms with Crippen LogP contribution in [0.1, 0.15) is 20.8 Å². The lowest BCUT2D eigenvalue weighted by Gasteiger charge is -2.44. The Morgan fingerprint density at radius 1 is 0.469 bits per heavy atom. The molecule has 0 amide bonds.